The number of aliphatic carboxylic acids is 1. The number of benzene rings is 1. The van der Waals surface area contributed by atoms with E-state index in [2.05, 4.69) is 0 Å². The van der Waals surface area contributed by atoms with Gasteiger partial charge in [-0.15, -0.1) is 0 Å². The summed E-state index contributed by atoms with van der Waals surface area (Å²) in [7, 11) is 0. The molecular weight excluding hydrogens is 398 g/mol. The first-order valence-electron chi connectivity index (χ1n) is 9.62. The van der Waals surface area contributed by atoms with Gasteiger partial charge in [-0.05, 0) is 38.8 Å². The average molecular weight is 424 g/mol. The van der Waals surface area contributed by atoms with E-state index in [1.807, 2.05) is 37.8 Å². The number of amides is 2. The lowest BCUT2D eigenvalue weighted by atomic mass is 9.97. The van der Waals surface area contributed by atoms with Crippen LogP contribution >= 0.6 is 11.6 Å². The van der Waals surface area contributed by atoms with E-state index >= 15 is 0 Å². The van der Waals surface area contributed by atoms with E-state index in [-0.39, 0.29) is 18.5 Å². The molecule has 2 aliphatic rings. The molecule has 0 spiro atoms. The van der Waals surface area contributed by atoms with Crippen LogP contribution in [0.1, 0.15) is 36.7 Å². The summed E-state index contributed by atoms with van der Waals surface area (Å²) in [6, 6.07) is 3.78. The van der Waals surface area contributed by atoms with Gasteiger partial charge in [0.2, 0.25) is 0 Å². The Morgan fingerprint density at radius 2 is 1.79 bits per heavy atom. The first-order chi connectivity index (χ1) is 13.6. The molecule has 0 radical (unpaired) electrons. The van der Waals surface area contributed by atoms with Gasteiger partial charge in [-0.1, -0.05) is 17.7 Å². The number of carboxylic acid groups (broad SMARTS) is 1. The van der Waals surface area contributed by atoms with E-state index in [0.717, 1.165) is 11.3 Å². The van der Waals surface area contributed by atoms with E-state index in [9.17, 15) is 14.4 Å². The molecule has 9 heteroatoms. The predicted octanol–water partition coefficient (Wildman–Crippen LogP) is 2.48. The van der Waals surface area contributed by atoms with Crippen molar-refractivity contribution in [2.45, 2.75) is 32.8 Å². The average Bonchev–Trinajstić information content (AvgIpc) is 2.62. The summed E-state index contributed by atoms with van der Waals surface area (Å²) in [4.78, 5) is 41.0. The lowest BCUT2D eigenvalue weighted by Gasteiger charge is -2.38. The molecule has 0 atom stereocenters. The maximum absolute atomic E-state index is 12.8. The van der Waals surface area contributed by atoms with Crippen LogP contribution in [0.4, 0.5) is 10.5 Å². The van der Waals surface area contributed by atoms with Crippen LogP contribution in [-0.4, -0.2) is 77.7 Å². The zero-order valence-corrected chi connectivity index (χ0v) is 17.7. The minimum Gasteiger partial charge on any atom is -0.480 e. The fourth-order valence-corrected chi connectivity index (χ4v) is 3.96. The molecule has 1 aromatic carbocycles. The van der Waals surface area contributed by atoms with Crippen LogP contribution < -0.4 is 4.90 Å². The Balaban J connectivity index is 1.74. The third-order valence-electron chi connectivity index (χ3n) is 4.96. The number of carboxylic acids is 1. The Kier molecular flexibility index (Phi) is 5.93. The first-order valence-corrected chi connectivity index (χ1v) is 10.00. The summed E-state index contributed by atoms with van der Waals surface area (Å²) in [5.41, 5.74) is 1.39. The normalized spacial score (nSPS) is 17.2. The zero-order chi connectivity index (χ0) is 21.3. The third kappa shape index (κ3) is 4.75. The van der Waals surface area contributed by atoms with E-state index < -0.39 is 11.6 Å². The van der Waals surface area contributed by atoms with Crippen LogP contribution in [-0.2, 0) is 16.0 Å². The first kappa shape index (κ1) is 21.2. The second-order valence-corrected chi connectivity index (χ2v) is 8.64. The van der Waals surface area contributed by atoms with Gasteiger partial charge in [0.05, 0.1) is 16.3 Å². The summed E-state index contributed by atoms with van der Waals surface area (Å²) < 4.78 is 5.42. The predicted molar refractivity (Wildman–Crippen MR) is 109 cm³/mol. The number of piperazine rings is 1. The maximum Gasteiger partial charge on any atom is 0.410 e. The Bertz CT molecular complexity index is 828. The molecule has 1 aromatic rings. The molecule has 0 aromatic heterocycles. The molecule has 8 nitrogen and oxygen atoms in total. The van der Waals surface area contributed by atoms with Crippen LogP contribution in [0.15, 0.2) is 12.1 Å². The lowest BCUT2D eigenvalue weighted by molar-refractivity contribution is -0.137. The van der Waals surface area contributed by atoms with Crippen molar-refractivity contribution in [3.05, 3.63) is 28.3 Å². The van der Waals surface area contributed by atoms with Crippen molar-refractivity contribution in [3.8, 4) is 0 Å². The maximum atomic E-state index is 12.8. The number of carbonyl (C=O) groups is 3. The highest BCUT2D eigenvalue weighted by Crippen LogP contribution is 2.35. The largest absolute Gasteiger partial charge is 0.480 e. The van der Waals surface area contributed by atoms with Gasteiger partial charge in [0.15, 0.2) is 0 Å². The summed E-state index contributed by atoms with van der Waals surface area (Å²) >= 11 is 6.60. The van der Waals surface area contributed by atoms with Crippen molar-refractivity contribution in [2.75, 3.05) is 44.2 Å². The highest BCUT2D eigenvalue weighted by Gasteiger charge is 2.31. The second-order valence-electron chi connectivity index (χ2n) is 8.26. The molecule has 2 heterocycles. The van der Waals surface area contributed by atoms with Gasteiger partial charge in [0.25, 0.3) is 5.91 Å². The van der Waals surface area contributed by atoms with Crippen LogP contribution in [0.5, 0.6) is 0 Å². The van der Waals surface area contributed by atoms with Gasteiger partial charge in [-0.25, -0.2) is 4.79 Å². The van der Waals surface area contributed by atoms with Gasteiger partial charge in [0, 0.05) is 32.7 Å². The minimum atomic E-state index is -1.05. The topological polar surface area (TPSA) is 90.4 Å². The van der Waals surface area contributed by atoms with Crippen molar-refractivity contribution in [3.63, 3.8) is 0 Å². The minimum absolute atomic E-state index is 0.340. The van der Waals surface area contributed by atoms with Gasteiger partial charge in [0.1, 0.15) is 12.1 Å². The van der Waals surface area contributed by atoms with Crippen LogP contribution in [0, 0.1) is 0 Å². The fourth-order valence-electron chi connectivity index (χ4n) is 3.57. The number of fused-ring (bicyclic) bond motifs is 1. The van der Waals surface area contributed by atoms with Gasteiger partial charge < -0.3 is 24.5 Å². The van der Waals surface area contributed by atoms with Crippen molar-refractivity contribution in [1.29, 1.82) is 0 Å². The van der Waals surface area contributed by atoms with Crippen LogP contribution in [0.3, 0.4) is 0 Å². The van der Waals surface area contributed by atoms with E-state index in [4.69, 9.17) is 21.4 Å². The summed E-state index contributed by atoms with van der Waals surface area (Å²) in [5, 5.41) is 9.36. The number of hydrogen-bond acceptors (Lipinski definition) is 5. The van der Waals surface area contributed by atoms with E-state index in [1.165, 1.54) is 4.90 Å². The highest BCUT2D eigenvalue weighted by molar-refractivity contribution is 6.36. The second kappa shape index (κ2) is 8.10. The number of rotatable bonds is 3. The molecule has 2 amide bonds. The molecule has 158 valence electrons. The molecular formula is C20H26ClN3O5. The number of ether oxygens (including phenoxy) is 1. The summed E-state index contributed by atoms with van der Waals surface area (Å²) in [6.45, 7) is 7.62. The quantitative estimate of drug-likeness (QED) is 0.803. The molecule has 0 bridgehead atoms. The number of anilines is 1. The number of hydrogen-bond donors (Lipinski definition) is 1. The van der Waals surface area contributed by atoms with Crippen molar-refractivity contribution < 1.29 is 24.2 Å². The Hall–Kier alpha value is -2.48. The fraction of sp³-hybridized carbons (Fsp3) is 0.550. The lowest BCUT2D eigenvalue weighted by Crippen LogP contribution is -2.50. The van der Waals surface area contributed by atoms with Crippen LogP contribution in [0.2, 0.25) is 5.02 Å². The molecule has 2 aliphatic heterocycles. The summed E-state index contributed by atoms with van der Waals surface area (Å²) in [6.07, 6.45) is 0.231. The number of carbonyl (C=O) groups excluding carboxylic acids is 2. The smallest absolute Gasteiger partial charge is 0.410 e. The zero-order valence-electron chi connectivity index (χ0n) is 16.9. The van der Waals surface area contributed by atoms with Gasteiger partial charge >= 0.3 is 12.1 Å². The Morgan fingerprint density at radius 1 is 1.14 bits per heavy atom. The van der Waals surface area contributed by atoms with Crippen molar-refractivity contribution >= 4 is 35.3 Å². The van der Waals surface area contributed by atoms with Crippen molar-refractivity contribution in [1.82, 2.24) is 9.80 Å². The molecule has 3 rings (SSSR count). The molecule has 0 unspecified atom stereocenters. The van der Waals surface area contributed by atoms with Gasteiger partial charge in [-0.2, -0.15) is 0 Å². The molecule has 1 N–H and O–H groups in total. The summed E-state index contributed by atoms with van der Waals surface area (Å²) in [5.74, 6) is -1.40. The SMILES string of the molecule is CC(C)(C)OC(=O)N1CCN(c2ccc3c(c2Cl)C(=O)N(CC(=O)O)CC3)CC1. The number of nitrogens with zero attached hydrogens (tertiary/aromatic N) is 3. The highest BCUT2D eigenvalue weighted by atomic mass is 35.5. The standard InChI is InChI=1S/C20H26ClN3O5/c1-20(2,3)29-19(28)23-10-8-22(9-11-23)14-5-4-13-6-7-24(12-15(25)26)18(27)16(13)17(14)21/h4-5H,6-12H2,1-3H3,(H,25,26). The van der Waals surface area contributed by atoms with Crippen LogP contribution in [0.25, 0.3) is 0 Å². The Morgan fingerprint density at radius 3 is 2.38 bits per heavy atom. The molecule has 1 saturated heterocycles. The van der Waals surface area contributed by atoms with E-state index in [1.54, 1.807) is 4.90 Å². The molecule has 0 aliphatic carbocycles. The van der Waals surface area contributed by atoms with E-state index in [0.29, 0.717) is 49.7 Å². The molecule has 29 heavy (non-hydrogen) atoms. The number of halogens is 1. The molecule has 0 saturated carbocycles. The monoisotopic (exact) mass is 423 g/mol. The third-order valence-corrected chi connectivity index (χ3v) is 5.34. The molecule has 1 fully saturated rings. The van der Waals surface area contributed by atoms with Gasteiger partial charge in [-0.3, -0.25) is 9.59 Å². The Labute approximate surface area is 175 Å². The van der Waals surface area contributed by atoms with Crippen molar-refractivity contribution in [2.24, 2.45) is 0 Å².